The maximum atomic E-state index is 12.7. The molecule has 9 heteroatoms. The molecule has 7 nitrogen and oxygen atoms in total. The zero-order valence-corrected chi connectivity index (χ0v) is 16.5. The lowest BCUT2D eigenvalue weighted by atomic mass is 10.1. The minimum absolute atomic E-state index is 0.0165. The Morgan fingerprint density at radius 1 is 1.15 bits per heavy atom. The molecule has 0 aliphatic carbocycles. The zero-order valence-electron chi connectivity index (χ0n) is 14.9. The molecule has 0 bridgehead atoms. The largest absolute Gasteiger partial charge is 0.449 e. The third kappa shape index (κ3) is 5.21. The molecule has 1 atom stereocenters. The van der Waals surface area contributed by atoms with Crippen molar-refractivity contribution in [2.45, 2.75) is 24.8 Å². The molecule has 144 valence electrons. The average molecular weight is 411 g/mol. The van der Waals surface area contributed by atoms with Crippen LogP contribution in [0.15, 0.2) is 47.4 Å². The molecular formula is C18H19ClN2O5S. The summed E-state index contributed by atoms with van der Waals surface area (Å²) in [5.41, 5.74) is 0.756. The summed E-state index contributed by atoms with van der Waals surface area (Å²) in [6, 6.07) is 10.4. The first kappa shape index (κ1) is 20.7. The summed E-state index contributed by atoms with van der Waals surface area (Å²) in [4.78, 5) is 23.6. The molecule has 2 rings (SSSR count). The van der Waals surface area contributed by atoms with Gasteiger partial charge in [0.15, 0.2) is 6.10 Å². The number of carbonyl (C=O) groups excluding carboxylic acids is 2. The van der Waals surface area contributed by atoms with Crippen molar-refractivity contribution in [3.63, 3.8) is 0 Å². The van der Waals surface area contributed by atoms with Crippen molar-refractivity contribution >= 4 is 39.2 Å². The lowest BCUT2D eigenvalue weighted by Crippen LogP contribution is -2.33. The van der Waals surface area contributed by atoms with Crippen LogP contribution < -0.4 is 10.0 Å². The molecule has 0 spiro atoms. The van der Waals surface area contributed by atoms with E-state index in [1.54, 1.807) is 25.1 Å². The highest BCUT2D eigenvalue weighted by molar-refractivity contribution is 7.92. The number of nitrogens with one attached hydrogen (secondary N) is 2. The van der Waals surface area contributed by atoms with Crippen molar-refractivity contribution < 1.29 is 22.7 Å². The predicted molar refractivity (Wildman–Crippen MR) is 102 cm³/mol. The van der Waals surface area contributed by atoms with Crippen molar-refractivity contribution in [2.24, 2.45) is 0 Å². The van der Waals surface area contributed by atoms with Crippen molar-refractivity contribution in [1.82, 2.24) is 5.32 Å². The number of aryl methyl sites for hydroxylation is 1. The minimum atomic E-state index is -3.96. The van der Waals surface area contributed by atoms with E-state index in [0.717, 1.165) is 0 Å². The van der Waals surface area contributed by atoms with Crippen LogP contribution in [0.2, 0.25) is 5.02 Å². The number of benzene rings is 2. The molecule has 0 saturated carbocycles. The van der Waals surface area contributed by atoms with Crippen LogP contribution in [0.5, 0.6) is 0 Å². The normalized spacial score (nSPS) is 12.1. The van der Waals surface area contributed by atoms with Crippen molar-refractivity contribution in [2.75, 3.05) is 11.8 Å². The number of esters is 1. The minimum Gasteiger partial charge on any atom is -0.449 e. The monoisotopic (exact) mass is 410 g/mol. The number of anilines is 1. The second-order valence-corrected chi connectivity index (χ2v) is 7.85. The van der Waals surface area contributed by atoms with Crippen LogP contribution in [-0.4, -0.2) is 33.4 Å². The topological polar surface area (TPSA) is 102 Å². The summed E-state index contributed by atoms with van der Waals surface area (Å²) in [5, 5.41) is 2.75. The highest BCUT2D eigenvalue weighted by Crippen LogP contribution is 2.23. The molecule has 0 heterocycles. The maximum absolute atomic E-state index is 12.7. The summed E-state index contributed by atoms with van der Waals surface area (Å²) in [5.74, 6) is -1.27. The Morgan fingerprint density at radius 2 is 1.85 bits per heavy atom. The van der Waals surface area contributed by atoms with Gasteiger partial charge in [0.25, 0.3) is 15.9 Å². The molecule has 0 aliphatic heterocycles. The van der Waals surface area contributed by atoms with Crippen LogP contribution in [0, 0.1) is 6.92 Å². The fourth-order valence-electron chi connectivity index (χ4n) is 2.26. The van der Waals surface area contributed by atoms with E-state index >= 15 is 0 Å². The maximum Gasteiger partial charge on any atom is 0.338 e. The second kappa shape index (κ2) is 8.41. The van der Waals surface area contributed by atoms with Gasteiger partial charge >= 0.3 is 5.97 Å². The first-order valence-electron chi connectivity index (χ1n) is 7.95. The first-order valence-corrected chi connectivity index (χ1v) is 9.82. The first-order chi connectivity index (χ1) is 12.6. The van der Waals surface area contributed by atoms with Crippen molar-refractivity contribution in [3.05, 3.63) is 58.6 Å². The standard InChI is InChI=1S/C18H19ClN2O5S/c1-11-7-8-13(18(23)26-12(2)17(22)20-3)9-16(11)27(24,25)21-15-6-4-5-14(19)10-15/h4-10,12,21H,1-3H3,(H,20,22)/t12-/m0/s1. The molecule has 27 heavy (non-hydrogen) atoms. The number of ether oxygens (including phenoxy) is 1. The van der Waals surface area contributed by atoms with E-state index in [0.29, 0.717) is 16.3 Å². The van der Waals surface area contributed by atoms with Gasteiger partial charge in [-0.05, 0) is 49.7 Å². The Labute approximate surface area is 162 Å². The van der Waals surface area contributed by atoms with E-state index in [4.69, 9.17) is 16.3 Å². The molecule has 0 unspecified atom stereocenters. The van der Waals surface area contributed by atoms with Gasteiger partial charge in [-0.3, -0.25) is 9.52 Å². The van der Waals surface area contributed by atoms with Gasteiger partial charge in [-0.1, -0.05) is 23.7 Å². The second-order valence-electron chi connectivity index (χ2n) is 5.76. The number of rotatable bonds is 6. The van der Waals surface area contributed by atoms with Crippen molar-refractivity contribution in [3.8, 4) is 0 Å². The number of likely N-dealkylation sites (N-methyl/N-ethyl adjacent to an activating group) is 1. The Kier molecular flexibility index (Phi) is 6.45. The number of hydrogen-bond acceptors (Lipinski definition) is 5. The summed E-state index contributed by atoms with van der Waals surface area (Å²) >= 11 is 5.88. The van der Waals surface area contributed by atoms with E-state index in [9.17, 15) is 18.0 Å². The van der Waals surface area contributed by atoms with Crippen LogP contribution in [0.3, 0.4) is 0 Å². The van der Waals surface area contributed by atoms with Gasteiger partial charge in [0, 0.05) is 12.1 Å². The number of sulfonamides is 1. The summed E-state index contributed by atoms with van der Waals surface area (Å²) in [6.45, 7) is 3.03. The molecule has 2 aromatic rings. The van der Waals surface area contributed by atoms with Gasteiger partial charge in [0.05, 0.1) is 16.1 Å². The predicted octanol–water partition coefficient (Wildman–Crippen LogP) is 2.74. The number of amides is 1. The molecule has 0 saturated heterocycles. The fourth-order valence-corrected chi connectivity index (χ4v) is 3.78. The molecule has 2 N–H and O–H groups in total. The Hall–Kier alpha value is -2.58. The quantitative estimate of drug-likeness (QED) is 0.713. The lowest BCUT2D eigenvalue weighted by molar-refractivity contribution is -0.128. The fraction of sp³-hybridized carbons (Fsp3) is 0.222. The summed E-state index contributed by atoms with van der Waals surface area (Å²) in [7, 11) is -2.54. The highest BCUT2D eigenvalue weighted by atomic mass is 35.5. The summed E-state index contributed by atoms with van der Waals surface area (Å²) in [6.07, 6.45) is -1.01. The van der Waals surface area contributed by atoms with Gasteiger partial charge in [-0.25, -0.2) is 13.2 Å². The Balaban J connectivity index is 2.30. The van der Waals surface area contributed by atoms with Crippen LogP contribution in [-0.2, 0) is 19.6 Å². The lowest BCUT2D eigenvalue weighted by Gasteiger charge is -2.14. The molecule has 0 radical (unpaired) electrons. The molecular weight excluding hydrogens is 392 g/mol. The van der Waals surface area contributed by atoms with Gasteiger partial charge in [-0.2, -0.15) is 0 Å². The van der Waals surface area contributed by atoms with Crippen LogP contribution in [0.4, 0.5) is 5.69 Å². The van der Waals surface area contributed by atoms with E-state index in [1.165, 1.54) is 38.2 Å². The van der Waals surface area contributed by atoms with E-state index in [2.05, 4.69) is 10.0 Å². The van der Waals surface area contributed by atoms with Gasteiger partial charge in [-0.15, -0.1) is 0 Å². The number of halogens is 1. The average Bonchev–Trinajstić information content (AvgIpc) is 2.60. The molecule has 2 aromatic carbocycles. The van der Waals surface area contributed by atoms with E-state index < -0.39 is 28.0 Å². The number of carbonyl (C=O) groups is 2. The Morgan fingerprint density at radius 3 is 2.48 bits per heavy atom. The molecule has 0 aliphatic rings. The zero-order chi connectivity index (χ0) is 20.2. The van der Waals surface area contributed by atoms with Gasteiger partial charge in [0.1, 0.15) is 0 Å². The SMILES string of the molecule is CNC(=O)[C@H](C)OC(=O)c1ccc(C)c(S(=O)(=O)Nc2cccc(Cl)c2)c1. The third-order valence-corrected chi connectivity index (χ3v) is 5.45. The highest BCUT2D eigenvalue weighted by Gasteiger charge is 2.22. The third-order valence-electron chi connectivity index (χ3n) is 3.69. The molecule has 1 amide bonds. The van der Waals surface area contributed by atoms with Gasteiger partial charge in [0.2, 0.25) is 0 Å². The van der Waals surface area contributed by atoms with Gasteiger partial charge < -0.3 is 10.1 Å². The molecule has 0 fully saturated rings. The van der Waals surface area contributed by atoms with Crippen LogP contribution in [0.25, 0.3) is 0 Å². The van der Waals surface area contributed by atoms with E-state index in [1.807, 2.05) is 0 Å². The molecule has 0 aromatic heterocycles. The van der Waals surface area contributed by atoms with Crippen LogP contribution in [0.1, 0.15) is 22.8 Å². The Bertz CT molecular complexity index is 975. The van der Waals surface area contributed by atoms with E-state index in [-0.39, 0.29) is 10.5 Å². The summed E-state index contributed by atoms with van der Waals surface area (Å²) < 4.78 is 32.9. The van der Waals surface area contributed by atoms with Crippen LogP contribution >= 0.6 is 11.6 Å². The van der Waals surface area contributed by atoms with Crippen molar-refractivity contribution in [1.29, 1.82) is 0 Å². The smallest absolute Gasteiger partial charge is 0.338 e. The number of hydrogen-bond donors (Lipinski definition) is 2.